The minimum absolute atomic E-state index is 0.0430. The summed E-state index contributed by atoms with van der Waals surface area (Å²) in [6.45, 7) is 4.55. The molecule has 0 spiro atoms. The van der Waals surface area contributed by atoms with E-state index < -0.39 is 5.60 Å². The van der Waals surface area contributed by atoms with Gasteiger partial charge in [-0.15, -0.1) is 0 Å². The number of nitrogens with zero attached hydrogens (tertiary/aromatic N) is 4. The molecule has 2 aromatic heterocycles. The van der Waals surface area contributed by atoms with Gasteiger partial charge >= 0.3 is 0 Å². The SMILES string of the molecule is CC(C)(O)COc1cc(N2CCC[C@@H](C(N)=O)C2)n2nc(-c3ccccc3Cl)c(-c3ccc(Cl)cc3)c2n1. The van der Waals surface area contributed by atoms with Crippen LogP contribution in [0.3, 0.4) is 0 Å². The van der Waals surface area contributed by atoms with Gasteiger partial charge in [0.25, 0.3) is 0 Å². The summed E-state index contributed by atoms with van der Waals surface area (Å²) in [7, 11) is 0. The van der Waals surface area contributed by atoms with Crippen LogP contribution in [0.2, 0.25) is 10.0 Å². The average molecular weight is 554 g/mol. The van der Waals surface area contributed by atoms with Gasteiger partial charge in [0.15, 0.2) is 5.65 Å². The summed E-state index contributed by atoms with van der Waals surface area (Å²) < 4.78 is 7.73. The van der Waals surface area contributed by atoms with E-state index >= 15 is 0 Å². The summed E-state index contributed by atoms with van der Waals surface area (Å²) in [5.74, 6) is 0.441. The Kier molecular flexibility index (Phi) is 7.22. The largest absolute Gasteiger partial charge is 0.474 e. The van der Waals surface area contributed by atoms with Crippen molar-refractivity contribution in [3.8, 4) is 28.3 Å². The summed E-state index contributed by atoms with van der Waals surface area (Å²) >= 11 is 12.8. The molecular weight excluding hydrogens is 525 g/mol. The summed E-state index contributed by atoms with van der Waals surface area (Å²) in [6, 6.07) is 16.8. The van der Waals surface area contributed by atoms with Crippen molar-refractivity contribution in [2.24, 2.45) is 11.7 Å². The number of hydrogen-bond acceptors (Lipinski definition) is 6. The predicted octanol–water partition coefficient (Wildman–Crippen LogP) is 5.22. The second-order valence-electron chi connectivity index (χ2n) is 10.2. The highest BCUT2D eigenvalue weighted by atomic mass is 35.5. The third-order valence-electron chi connectivity index (χ3n) is 6.53. The van der Waals surface area contributed by atoms with Crippen LogP contribution in [0, 0.1) is 5.92 Å². The van der Waals surface area contributed by atoms with Crippen molar-refractivity contribution in [2.75, 3.05) is 24.6 Å². The Morgan fingerprint density at radius 1 is 1.18 bits per heavy atom. The normalized spacial score (nSPS) is 16.1. The van der Waals surface area contributed by atoms with Crippen LogP contribution in [0.25, 0.3) is 28.0 Å². The molecule has 1 aliphatic rings. The van der Waals surface area contributed by atoms with E-state index in [1.165, 1.54) is 0 Å². The maximum Gasteiger partial charge on any atom is 0.222 e. The van der Waals surface area contributed by atoms with Crippen molar-refractivity contribution in [1.82, 2.24) is 14.6 Å². The first-order valence-electron chi connectivity index (χ1n) is 12.4. The molecule has 3 heterocycles. The molecule has 1 amide bonds. The van der Waals surface area contributed by atoms with E-state index in [2.05, 4.69) is 4.90 Å². The Balaban J connectivity index is 1.77. The van der Waals surface area contributed by atoms with Crippen LogP contribution in [0.1, 0.15) is 26.7 Å². The quantitative estimate of drug-likeness (QED) is 0.325. The lowest BCUT2D eigenvalue weighted by Gasteiger charge is -2.33. The highest BCUT2D eigenvalue weighted by Gasteiger charge is 2.29. The van der Waals surface area contributed by atoms with Gasteiger partial charge in [0.2, 0.25) is 11.8 Å². The molecule has 0 unspecified atom stereocenters. The number of amides is 1. The van der Waals surface area contributed by atoms with Gasteiger partial charge in [0.05, 0.1) is 22.1 Å². The number of aromatic nitrogens is 3. The van der Waals surface area contributed by atoms with Crippen LogP contribution in [-0.2, 0) is 4.79 Å². The smallest absolute Gasteiger partial charge is 0.222 e. The minimum atomic E-state index is -1.06. The number of nitrogens with two attached hydrogens (primary N) is 1. The fourth-order valence-corrected chi connectivity index (χ4v) is 5.02. The summed E-state index contributed by atoms with van der Waals surface area (Å²) in [6.07, 6.45) is 1.54. The van der Waals surface area contributed by atoms with Crippen molar-refractivity contribution >= 4 is 40.6 Å². The molecule has 1 atom stereocenters. The fraction of sp³-hybridized carbons (Fsp3) is 0.321. The lowest BCUT2D eigenvalue weighted by molar-refractivity contribution is -0.122. The second-order valence-corrected chi connectivity index (χ2v) is 11.0. The first-order valence-corrected chi connectivity index (χ1v) is 13.2. The average Bonchev–Trinajstić information content (AvgIpc) is 3.26. The Labute approximate surface area is 230 Å². The molecule has 38 heavy (non-hydrogen) atoms. The van der Waals surface area contributed by atoms with Crippen LogP contribution < -0.4 is 15.4 Å². The van der Waals surface area contributed by atoms with Gasteiger partial charge in [-0.05, 0) is 50.5 Å². The van der Waals surface area contributed by atoms with Crippen LogP contribution >= 0.6 is 23.2 Å². The maximum absolute atomic E-state index is 12.1. The van der Waals surface area contributed by atoms with E-state index in [0.717, 1.165) is 29.5 Å². The number of fused-ring (bicyclic) bond motifs is 1. The summed E-state index contributed by atoms with van der Waals surface area (Å²) in [4.78, 5) is 19.0. The number of anilines is 1. The van der Waals surface area contributed by atoms with Gasteiger partial charge in [-0.25, -0.2) is 0 Å². The van der Waals surface area contributed by atoms with Crippen LogP contribution in [0.15, 0.2) is 54.6 Å². The molecule has 0 aliphatic carbocycles. The Hall–Kier alpha value is -3.33. The van der Waals surface area contributed by atoms with E-state index in [-0.39, 0.29) is 18.4 Å². The van der Waals surface area contributed by atoms with Gasteiger partial charge in [0.1, 0.15) is 18.1 Å². The zero-order valence-electron chi connectivity index (χ0n) is 21.2. The zero-order valence-corrected chi connectivity index (χ0v) is 22.7. The van der Waals surface area contributed by atoms with Crippen molar-refractivity contribution in [3.63, 3.8) is 0 Å². The molecule has 0 bridgehead atoms. The molecule has 4 aromatic rings. The van der Waals surface area contributed by atoms with E-state index in [4.69, 9.17) is 43.8 Å². The maximum atomic E-state index is 12.1. The topological polar surface area (TPSA) is 106 Å². The van der Waals surface area contributed by atoms with Crippen molar-refractivity contribution in [2.45, 2.75) is 32.3 Å². The van der Waals surface area contributed by atoms with Crippen LogP contribution in [0.4, 0.5) is 5.82 Å². The molecule has 5 rings (SSSR count). The summed E-state index contributed by atoms with van der Waals surface area (Å²) in [5.41, 5.74) is 8.18. The van der Waals surface area contributed by atoms with Crippen molar-refractivity contribution in [1.29, 1.82) is 0 Å². The molecule has 198 valence electrons. The third-order valence-corrected chi connectivity index (χ3v) is 7.11. The molecule has 0 saturated carbocycles. The second kappa shape index (κ2) is 10.4. The Morgan fingerprint density at radius 2 is 1.92 bits per heavy atom. The van der Waals surface area contributed by atoms with Gasteiger partial charge in [-0.1, -0.05) is 53.5 Å². The Bertz CT molecular complexity index is 1480. The number of carbonyl (C=O) groups is 1. The third kappa shape index (κ3) is 5.43. The molecule has 3 N–H and O–H groups in total. The molecule has 1 saturated heterocycles. The van der Waals surface area contributed by atoms with Gasteiger partial charge in [-0.2, -0.15) is 14.6 Å². The number of rotatable bonds is 7. The van der Waals surface area contributed by atoms with E-state index in [9.17, 15) is 9.90 Å². The predicted molar refractivity (Wildman–Crippen MR) is 150 cm³/mol. The Morgan fingerprint density at radius 3 is 2.61 bits per heavy atom. The molecule has 1 aliphatic heterocycles. The number of halogens is 2. The summed E-state index contributed by atoms with van der Waals surface area (Å²) in [5, 5.41) is 16.5. The number of aliphatic hydroxyl groups is 1. The number of carbonyl (C=O) groups excluding carboxylic acids is 1. The zero-order chi connectivity index (χ0) is 27.0. The van der Waals surface area contributed by atoms with Gasteiger partial charge in [-0.3, -0.25) is 4.79 Å². The fourth-order valence-electron chi connectivity index (χ4n) is 4.67. The van der Waals surface area contributed by atoms with Crippen LogP contribution in [-0.4, -0.2) is 50.9 Å². The number of benzene rings is 2. The monoisotopic (exact) mass is 553 g/mol. The van der Waals surface area contributed by atoms with E-state index in [1.807, 2.05) is 48.5 Å². The van der Waals surface area contributed by atoms with E-state index in [0.29, 0.717) is 46.2 Å². The molecule has 10 heteroatoms. The highest BCUT2D eigenvalue weighted by Crippen LogP contribution is 2.40. The first kappa shape index (κ1) is 26.3. The molecular formula is C28H29Cl2N5O3. The van der Waals surface area contributed by atoms with Crippen molar-refractivity contribution < 1.29 is 14.6 Å². The number of primary amides is 1. The number of piperidine rings is 1. The number of hydrogen-bond donors (Lipinski definition) is 2. The highest BCUT2D eigenvalue weighted by molar-refractivity contribution is 6.33. The lowest BCUT2D eigenvalue weighted by atomic mass is 9.97. The molecule has 2 aromatic carbocycles. The minimum Gasteiger partial charge on any atom is -0.474 e. The van der Waals surface area contributed by atoms with E-state index in [1.54, 1.807) is 24.4 Å². The lowest BCUT2D eigenvalue weighted by Crippen LogP contribution is -2.42. The standard InChI is InChI=1S/C28H29Cl2N5O3/c1-28(2,37)16-38-22-14-23(34-13-5-6-18(15-34)26(31)36)35-27(32-22)24(17-9-11-19(29)12-10-17)25(33-35)20-7-3-4-8-21(20)30/h3-4,7-12,14,18,37H,5-6,13,15-16H2,1-2H3,(H2,31,36)/t18-/m1/s1. The van der Waals surface area contributed by atoms with Crippen molar-refractivity contribution in [3.05, 3.63) is 64.6 Å². The van der Waals surface area contributed by atoms with Gasteiger partial charge < -0.3 is 20.5 Å². The molecule has 1 fully saturated rings. The molecule has 0 radical (unpaired) electrons. The molecule has 8 nitrogen and oxygen atoms in total. The van der Waals surface area contributed by atoms with Crippen LogP contribution in [0.5, 0.6) is 5.88 Å². The van der Waals surface area contributed by atoms with Gasteiger partial charge in [0, 0.05) is 29.7 Å². The number of ether oxygens (including phenoxy) is 1. The first-order chi connectivity index (χ1) is 18.1.